The van der Waals surface area contributed by atoms with Gasteiger partial charge in [-0.2, -0.15) is 13.2 Å². The predicted octanol–water partition coefficient (Wildman–Crippen LogP) is 4.41. The van der Waals surface area contributed by atoms with E-state index in [1.807, 2.05) is 47.6 Å². The van der Waals surface area contributed by atoms with Crippen molar-refractivity contribution >= 4 is 21.5 Å². The molecule has 32 heavy (non-hydrogen) atoms. The molecular weight excluding hydrogens is 455 g/mol. The summed E-state index contributed by atoms with van der Waals surface area (Å²) in [5, 5.41) is 9.40. The molecule has 1 aliphatic heterocycles. The summed E-state index contributed by atoms with van der Waals surface area (Å²) in [7, 11) is -6.09. The lowest BCUT2D eigenvalue weighted by Gasteiger charge is -2.32. The second-order valence-electron chi connectivity index (χ2n) is 8.82. The fourth-order valence-corrected chi connectivity index (χ4v) is 2.49. The molecule has 182 valence electrons. The molecule has 1 fully saturated rings. The zero-order valence-electron chi connectivity index (χ0n) is 18.8. The number of morpholine rings is 1. The first-order chi connectivity index (χ1) is 14.3. The highest BCUT2D eigenvalue weighted by Crippen LogP contribution is 2.43. The van der Waals surface area contributed by atoms with Crippen LogP contribution in [0.5, 0.6) is 11.5 Å². The monoisotopic (exact) mass is 483 g/mol. The largest absolute Gasteiger partial charge is 0.741 e. The number of benzene rings is 1. The SMILES string of the molecule is CC(C)(C)Oc1cc(N2CCOCC2)c(OC(C)(C)C)cc1[N+]#N.O=S(=O)([O-])C(F)(F)F. The van der Waals surface area contributed by atoms with Crippen LogP contribution in [-0.4, -0.2) is 56.0 Å². The van der Waals surface area contributed by atoms with Crippen molar-refractivity contribution < 1.29 is 40.4 Å². The van der Waals surface area contributed by atoms with Gasteiger partial charge >= 0.3 is 11.2 Å². The molecule has 1 aromatic rings. The maximum absolute atomic E-state index is 10.7. The third-order valence-electron chi connectivity index (χ3n) is 3.62. The van der Waals surface area contributed by atoms with Crippen LogP contribution in [0.2, 0.25) is 0 Å². The van der Waals surface area contributed by atoms with Crippen LogP contribution in [-0.2, 0) is 14.9 Å². The highest BCUT2D eigenvalue weighted by Gasteiger charge is 2.37. The highest BCUT2D eigenvalue weighted by atomic mass is 32.2. The van der Waals surface area contributed by atoms with E-state index in [0.717, 1.165) is 18.8 Å². The van der Waals surface area contributed by atoms with Crippen molar-refractivity contribution in [2.75, 3.05) is 31.2 Å². The summed E-state index contributed by atoms with van der Waals surface area (Å²) < 4.78 is 76.4. The number of nitrogens with zero attached hydrogens (tertiary/aromatic N) is 3. The van der Waals surface area contributed by atoms with E-state index in [1.54, 1.807) is 6.07 Å². The van der Waals surface area contributed by atoms with Gasteiger partial charge in [0.2, 0.25) is 11.1 Å². The third-order valence-corrected chi connectivity index (χ3v) is 4.18. The van der Waals surface area contributed by atoms with Gasteiger partial charge in [-0.25, -0.2) is 8.42 Å². The lowest BCUT2D eigenvalue weighted by atomic mass is 10.1. The van der Waals surface area contributed by atoms with E-state index in [-0.39, 0.29) is 5.60 Å². The van der Waals surface area contributed by atoms with Crippen LogP contribution < -0.4 is 14.4 Å². The number of hydrogen-bond acceptors (Lipinski definition) is 8. The summed E-state index contributed by atoms with van der Waals surface area (Å²) >= 11 is 0. The van der Waals surface area contributed by atoms with Gasteiger partial charge in [0.25, 0.3) is 0 Å². The molecule has 0 amide bonds. The number of alkyl halides is 3. The molecule has 0 spiro atoms. The average Bonchev–Trinajstić information content (AvgIpc) is 2.59. The Kier molecular flexibility index (Phi) is 8.75. The van der Waals surface area contributed by atoms with Crippen LogP contribution in [0.15, 0.2) is 12.1 Å². The van der Waals surface area contributed by atoms with E-state index in [1.165, 1.54) is 0 Å². The Labute approximate surface area is 185 Å². The van der Waals surface area contributed by atoms with Crippen LogP contribution in [0, 0.1) is 5.39 Å². The van der Waals surface area contributed by atoms with Crippen molar-refractivity contribution in [3.8, 4) is 11.5 Å². The molecule has 0 aromatic heterocycles. The topological polar surface area (TPSA) is 116 Å². The van der Waals surface area contributed by atoms with E-state index >= 15 is 0 Å². The minimum Gasteiger partial charge on any atom is -0.741 e. The van der Waals surface area contributed by atoms with E-state index < -0.39 is 21.2 Å². The third kappa shape index (κ3) is 9.05. The average molecular weight is 484 g/mol. The predicted molar refractivity (Wildman–Crippen MR) is 111 cm³/mol. The summed E-state index contributed by atoms with van der Waals surface area (Å²) in [6.45, 7) is 14.8. The van der Waals surface area contributed by atoms with Crippen LogP contribution in [0.25, 0.3) is 4.98 Å². The molecule has 0 bridgehead atoms. The quantitative estimate of drug-likeness (QED) is 0.353. The maximum Gasteiger partial charge on any atom is 0.485 e. The van der Waals surface area contributed by atoms with Gasteiger partial charge in [0.05, 0.1) is 25.0 Å². The van der Waals surface area contributed by atoms with E-state index in [9.17, 15) is 18.6 Å². The van der Waals surface area contributed by atoms with Crippen molar-refractivity contribution in [1.82, 2.24) is 0 Å². The number of anilines is 1. The molecule has 2 rings (SSSR count). The van der Waals surface area contributed by atoms with Crippen molar-refractivity contribution in [3.05, 3.63) is 17.1 Å². The zero-order valence-corrected chi connectivity index (χ0v) is 19.6. The number of diazo groups is 1. The van der Waals surface area contributed by atoms with Gasteiger partial charge in [-0.3, -0.25) is 0 Å². The standard InChI is InChI=1S/C18H28N3O3.CHF3O3S/c1-17(2,3)23-15-12-14(21-7-9-22-10-8-21)16(11-13(15)20-19)24-18(4,5)6;2-1(3,4)8(5,6)7/h11-12H,7-10H2,1-6H3;(H,5,6,7)/q+1;/p-1. The Morgan fingerprint density at radius 2 is 1.44 bits per heavy atom. The second-order valence-corrected chi connectivity index (χ2v) is 10.2. The van der Waals surface area contributed by atoms with E-state index in [0.29, 0.717) is 30.4 Å². The molecule has 1 saturated heterocycles. The Morgan fingerprint density at radius 3 is 1.81 bits per heavy atom. The van der Waals surface area contributed by atoms with Crippen LogP contribution in [0.4, 0.5) is 24.5 Å². The molecule has 0 atom stereocenters. The van der Waals surface area contributed by atoms with Gasteiger partial charge < -0.3 is 23.7 Å². The Bertz CT molecular complexity index is 926. The summed E-state index contributed by atoms with van der Waals surface area (Å²) in [6.07, 6.45) is 0. The number of rotatable bonds is 3. The second kappa shape index (κ2) is 10.1. The van der Waals surface area contributed by atoms with Gasteiger partial charge in [-0.1, -0.05) is 0 Å². The smallest absolute Gasteiger partial charge is 0.485 e. The number of halogens is 3. The lowest BCUT2D eigenvalue weighted by Crippen LogP contribution is -2.37. The Morgan fingerprint density at radius 1 is 1.00 bits per heavy atom. The molecular formula is C19H28F3N3O6S. The minimum atomic E-state index is -6.09. The van der Waals surface area contributed by atoms with E-state index in [2.05, 4.69) is 9.88 Å². The van der Waals surface area contributed by atoms with Crippen molar-refractivity contribution in [1.29, 1.82) is 5.39 Å². The molecule has 0 N–H and O–H groups in total. The summed E-state index contributed by atoms with van der Waals surface area (Å²) in [4.78, 5) is 5.59. The molecule has 1 aliphatic rings. The molecule has 0 saturated carbocycles. The number of hydrogen-bond donors (Lipinski definition) is 0. The highest BCUT2D eigenvalue weighted by molar-refractivity contribution is 7.86. The first-order valence-corrected chi connectivity index (χ1v) is 11.0. The van der Waals surface area contributed by atoms with Crippen molar-refractivity contribution in [3.63, 3.8) is 0 Å². The first-order valence-electron chi connectivity index (χ1n) is 9.60. The van der Waals surface area contributed by atoms with Crippen LogP contribution in [0.3, 0.4) is 0 Å². The molecule has 13 heteroatoms. The van der Waals surface area contributed by atoms with E-state index in [4.69, 9.17) is 27.2 Å². The van der Waals surface area contributed by atoms with Crippen molar-refractivity contribution in [2.24, 2.45) is 0 Å². The van der Waals surface area contributed by atoms with Gasteiger partial charge in [0.1, 0.15) is 11.2 Å². The molecule has 0 unspecified atom stereocenters. The van der Waals surface area contributed by atoms with Gasteiger partial charge in [-0.15, -0.1) is 0 Å². The van der Waals surface area contributed by atoms with Crippen molar-refractivity contribution in [2.45, 2.75) is 58.3 Å². The molecule has 0 radical (unpaired) electrons. The molecule has 1 heterocycles. The Hall–Kier alpha value is -2.30. The Balaban J connectivity index is 0.000000547. The fraction of sp³-hybridized carbons (Fsp3) is 0.684. The molecule has 1 aromatic carbocycles. The molecule has 0 aliphatic carbocycles. The lowest BCUT2D eigenvalue weighted by molar-refractivity contribution is -0.0517. The van der Waals surface area contributed by atoms with Crippen LogP contribution in [0.1, 0.15) is 41.5 Å². The van der Waals surface area contributed by atoms with Crippen LogP contribution >= 0.6 is 0 Å². The summed E-state index contributed by atoms with van der Waals surface area (Å²) in [6, 6.07) is 3.63. The normalized spacial score (nSPS) is 15.3. The number of ether oxygens (including phenoxy) is 3. The minimum absolute atomic E-state index is 0.361. The maximum atomic E-state index is 10.7. The summed E-state index contributed by atoms with van der Waals surface area (Å²) in [5.74, 6) is 1.21. The van der Waals surface area contributed by atoms with Gasteiger partial charge in [-0.05, 0) is 41.5 Å². The summed E-state index contributed by atoms with van der Waals surface area (Å²) in [5.41, 5.74) is -5.11. The fourth-order valence-electron chi connectivity index (χ4n) is 2.49. The zero-order chi connectivity index (χ0) is 25.0. The molecule has 9 nitrogen and oxygen atoms in total. The van der Waals surface area contributed by atoms with Gasteiger partial charge in [0.15, 0.2) is 20.8 Å². The first kappa shape index (κ1) is 27.7. The van der Waals surface area contributed by atoms with Gasteiger partial charge in [0, 0.05) is 19.2 Å².